The van der Waals surface area contributed by atoms with E-state index in [-0.39, 0.29) is 11.7 Å². The number of halogens is 1. The summed E-state index contributed by atoms with van der Waals surface area (Å²) in [7, 11) is 0. The van der Waals surface area contributed by atoms with Crippen molar-refractivity contribution in [2.24, 2.45) is 11.8 Å². The highest BCUT2D eigenvalue weighted by molar-refractivity contribution is 5.76. The Morgan fingerprint density at radius 1 is 1.32 bits per heavy atom. The van der Waals surface area contributed by atoms with Crippen LogP contribution < -0.4 is 10.6 Å². The molecule has 28 heavy (non-hydrogen) atoms. The Bertz CT molecular complexity index is 744. The molecule has 5 nitrogen and oxygen atoms in total. The number of nitrogens with one attached hydrogen (secondary N) is 2. The SMILES string of the molecule is CCCCc1cc(CC2CNCCC2CC(=O)NCc2ccc(F)cc2)no1. The summed E-state index contributed by atoms with van der Waals surface area (Å²) in [4.78, 5) is 12.4. The summed E-state index contributed by atoms with van der Waals surface area (Å²) in [5, 5.41) is 10.6. The predicted octanol–water partition coefficient (Wildman–Crippen LogP) is 3.63. The van der Waals surface area contributed by atoms with Crippen LogP contribution in [-0.2, 0) is 24.2 Å². The van der Waals surface area contributed by atoms with Gasteiger partial charge in [-0.3, -0.25) is 4.79 Å². The number of aryl methyl sites for hydroxylation is 1. The van der Waals surface area contributed by atoms with Gasteiger partial charge in [-0.15, -0.1) is 0 Å². The van der Waals surface area contributed by atoms with E-state index < -0.39 is 0 Å². The molecule has 6 heteroatoms. The summed E-state index contributed by atoms with van der Waals surface area (Å²) in [6.45, 7) is 4.43. The third-order valence-electron chi connectivity index (χ3n) is 5.47. The number of unbranched alkanes of at least 4 members (excludes halogenated alkanes) is 1. The second kappa shape index (κ2) is 10.4. The fourth-order valence-corrected chi connectivity index (χ4v) is 3.79. The smallest absolute Gasteiger partial charge is 0.220 e. The topological polar surface area (TPSA) is 67.2 Å². The van der Waals surface area contributed by atoms with Crippen LogP contribution in [0.3, 0.4) is 0 Å². The molecule has 2 N–H and O–H groups in total. The van der Waals surface area contributed by atoms with Crippen LogP contribution in [-0.4, -0.2) is 24.2 Å². The van der Waals surface area contributed by atoms with Crippen molar-refractivity contribution in [3.8, 4) is 0 Å². The molecular weight excluding hydrogens is 357 g/mol. The molecule has 1 aliphatic rings. The Labute approximate surface area is 166 Å². The zero-order chi connectivity index (χ0) is 19.8. The standard InChI is InChI=1S/C22H30FN3O2/c1-2-3-4-21-13-20(26-28-21)11-18-15-24-10-9-17(18)12-22(27)25-14-16-5-7-19(23)8-6-16/h5-8,13,17-18,24H,2-4,9-12,14-15H2,1H3,(H,25,27). The molecule has 1 amide bonds. The summed E-state index contributed by atoms with van der Waals surface area (Å²) in [6.07, 6.45) is 5.50. The molecule has 1 saturated heterocycles. The van der Waals surface area contributed by atoms with E-state index in [1.807, 2.05) is 0 Å². The average Bonchev–Trinajstić information content (AvgIpc) is 3.15. The van der Waals surface area contributed by atoms with Gasteiger partial charge >= 0.3 is 0 Å². The number of rotatable bonds is 9. The van der Waals surface area contributed by atoms with Crippen molar-refractivity contribution in [3.05, 3.63) is 53.2 Å². The van der Waals surface area contributed by atoms with Crippen molar-refractivity contribution in [1.29, 1.82) is 0 Å². The van der Waals surface area contributed by atoms with E-state index in [0.717, 1.165) is 62.2 Å². The Kier molecular flexibility index (Phi) is 7.60. The summed E-state index contributed by atoms with van der Waals surface area (Å²) < 4.78 is 18.4. The normalized spacial score (nSPS) is 19.5. The van der Waals surface area contributed by atoms with Crippen LogP contribution in [0.15, 0.2) is 34.9 Å². The summed E-state index contributed by atoms with van der Waals surface area (Å²) in [6, 6.07) is 8.29. The summed E-state index contributed by atoms with van der Waals surface area (Å²) in [5.41, 5.74) is 1.88. The first-order chi connectivity index (χ1) is 13.6. The van der Waals surface area contributed by atoms with Gasteiger partial charge in [-0.2, -0.15) is 0 Å². The van der Waals surface area contributed by atoms with Crippen molar-refractivity contribution < 1.29 is 13.7 Å². The average molecular weight is 387 g/mol. The van der Waals surface area contributed by atoms with Gasteiger partial charge in [0.2, 0.25) is 5.91 Å². The summed E-state index contributed by atoms with van der Waals surface area (Å²) >= 11 is 0. The molecule has 0 bridgehead atoms. The van der Waals surface area contributed by atoms with Crippen LogP contribution >= 0.6 is 0 Å². The molecule has 0 aliphatic carbocycles. The maximum atomic E-state index is 13.0. The number of carbonyl (C=O) groups is 1. The highest BCUT2D eigenvalue weighted by Crippen LogP contribution is 2.26. The monoisotopic (exact) mass is 387 g/mol. The van der Waals surface area contributed by atoms with Crippen molar-refractivity contribution in [1.82, 2.24) is 15.8 Å². The largest absolute Gasteiger partial charge is 0.361 e. The Hall–Kier alpha value is -2.21. The number of hydrogen-bond donors (Lipinski definition) is 2. The molecule has 1 aliphatic heterocycles. The molecule has 2 aromatic rings. The van der Waals surface area contributed by atoms with E-state index in [4.69, 9.17) is 4.52 Å². The van der Waals surface area contributed by atoms with E-state index in [1.54, 1.807) is 12.1 Å². The second-order valence-corrected chi connectivity index (χ2v) is 7.71. The minimum atomic E-state index is -0.265. The van der Waals surface area contributed by atoms with E-state index in [9.17, 15) is 9.18 Å². The van der Waals surface area contributed by atoms with Crippen LogP contribution in [0.4, 0.5) is 4.39 Å². The molecule has 1 fully saturated rings. The fraction of sp³-hybridized carbons (Fsp3) is 0.545. The van der Waals surface area contributed by atoms with Crippen LogP contribution in [0.5, 0.6) is 0 Å². The Morgan fingerprint density at radius 3 is 2.93 bits per heavy atom. The highest BCUT2D eigenvalue weighted by atomic mass is 19.1. The zero-order valence-electron chi connectivity index (χ0n) is 16.5. The number of hydrogen-bond acceptors (Lipinski definition) is 4. The van der Waals surface area contributed by atoms with Crippen LogP contribution in [0.25, 0.3) is 0 Å². The lowest BCUT2D eigenvalue weighted by molar-refractivity contribution is -0.122. The number of nitrogens with zero attached hydrogens (tertiary/aromatic N) is 1. The van der Waals surface area contributed by atoms with Crippen molar-refractivity contribution in [3.63, 3.8) is 0 Å². The Balaban J connectivity index is 1.50. The van der Waals surface area contributed by atoms with Crippen molar-refractivity contribution in [2.75, 3.05) is 13.1 Å². The van der Waals surface area contributed by atoms with E-state index in [2.05, 4.69) is 28.8 Å². The van der Waals surface area contributed by atoms with Gasteiger partial charge in [0.25, 0.3) is 0 Å². The first-order valence-corrected chi connectivity index (χ1v) is 10.3. The van der Waals surface area contributed by atoms with Crippen LogP contribution in [0.1, 0.15) is 49.6 Å². The summed E-state index contributed by atoms with van der Waals surface area (Å²) in [5.74, 6) is 1.43. The molecule has 0 radical (unpaired) electrons. The molecule has 2 atom stereocenters. The third kappa shape index (κ3) is 6.16. The van der Waals surface area contributed by atoms with E-state index in [1.165, 1.54) is 12.1 Å². The third-order valence-corrected chi connectivity index (χ3v) is 5.47. The molecule has 2 heterocycles. The first-order valence-electron chi connectivity index (χ1n) is 10.3. The minimum absolute atomic E-state index is 0.0463. The quantitative estimate of drug-likeness (QED) is 0.689. The lowest BCUT2D eigenvalue weighted by Crippen LogP contribution is -2.40. The molecule has 1 aromatic heterocycles. The number of benzene rings is 1. The zero-order valence-corrected chi connectivity index (χ0v) is 16.5. The maximum Gasteiger partial charge on any atom is 0.220 e. The number of piperidine rings is 1. The van der Waals surface area contributed by atoms with Crippen LogP contribution in [0, 0.1) is 17.7 Å². The molecular formula is C22H30FN3O2. The number of amides is 1. The maximum absolute atomic E-state index is 13.0. The molecule has 0 spiro atoms. The van der Waals surface area contributed by atoms with Gasteiger partial charge in [-0.25, -0.2) is 4.39 Å². The van der Waals surface area contributed by atoms with Crippen LogP contribution in [0.2, 0.25) is 0 Å². The highest BCUT2D eigenvalue weighted by Gasteiger charge is 2.28. The van der Waals surface area contributed by atoms with Crippen molar-refractivity contribution in [2.45, 2.75) is 52.0 Å². The number of aromatic nitrogens is 1. The fourth-order valence-electron chi connectivity index (χ4n) is 3.79. The van der Waals surface area contributed by atoms with Gasteiger partial charge in [0, 0.05) is 25.5 Å². The lowest BCUT2D eigenvalue weighted by Gasteiger charge is -2.31. The second-order valence-electron chi connectivity index (χ2n) is 7.71. The molecule has 0 saturated carbocycles. The molecule has 1 aromatic carbocycles. The molecule has 3 rings (SSSR count). The van der Waals surface area contributed by atoms with Gasteiger partial charge in [0.1, 0.15) is 11.6 Å². The Morgan fingerprint density at radius 2 is 2.14 bits per heavy atom. The first kappa shape index (κ1) is 20.5. The predicted molar refractivity (Wildman–Crippen MR) is 106 cm³/mol. The molecule has 2 unspecified atom stereocenters. The number of carbonyl (C=O) groups excluding carboxylic acids is 1. The minimum Gasteiger partial charge on any atom is -0.361 e. The van der Waals surface area contributed by atoms with Crippen molar-refractivity contribution >= 4 is 5.91 Å². The van der Waals surface area contributed by atoms with Gasteiger partial charge < -0.3 is 15.2 Å². The van der Waals surface area contributed by atoms with E-state index in [0.29, 0.717) is 24.8 Å². The molecule has 152 valence electrons. The van der Waals surface area contributed by atoms with Gasteiger partial charge in [0.15, 0.2) is 0 Å². The van der Waals surface area contributed by atoms with Gasteiger partial charge in [0.05, 0.1) is 5.69 Å². The van der Waals surface area contributed by atoms with Gasteiger partial charge in [-0.1, -0.05) is 30.6 Å². The van der Waals surface area contributed by atoms with E-state index >= 15 is 0 Å². The van der Waals surface area contributed by atoms with Gasteiger partial charge in [-0.05, 0) is 61.9 Å². The lowest BCUT2D eigenvalue weighted by atomic mass is 9.81.